The van der Waals surface area contributed by atoms with E-state index in [0.29, 0.717) is 0 Å². The van der Waals surface area contributed by atoms with Gasteiger partial charge in [0.1, 0.15) is 11.4 Å². The van der Waals surface area contributed by atoms with Crippen molar-refractivity contribution in [2.45, 2.75) is 55.3 Å². The number of rotatable bonds is 1. The molecule has 2 aliphatic carbocycles. The molecule has 2 saturated heterocycles. The molecule has 0 unspecified atom stereocenters. The van der Waals surface area contributed by atoms with Crippen molar-refractivity contribution in [3.05, 3.63) is 29.3 Å². The van der Waals surface area contributed by atoms with Crippen molar-refractivity contribution in [2.24, 2.45) is 0 Å². The van der Waals surface area contributed by atoms with Crippen LogP contribution in [0, 0.1) is 0 Å². The molecule has 3 nitrogen and oxygen atoms in total. The van der Waals surface area contributed by atoms with E-state index < -0.39 is 0 Å². The summed E-state index contributed by atoms with van der Waals surface area (Å²) < 4.78 is 12.0. The molecule has 0 aromatic heterocycles. The molecule has 1 aromatic carbocycles. The number of hydrogen-bond acceptors (Lipinski definition) is 3. The molecule has 106 valence electrons. The summed E-state index contributed by atoms with van der Waals surface area (Å²) in [7, 11) is 1.76. The van der Waals surface area contributed by atoms with E-state index in [0.717, 1.165) is 18.7 Å². The Kier molecular flexibility index (Phi) is 1.97. The number of epoxide rings is 1. The summed E-state index contributed by atoms with van der Waals surface area (Å²) in [6.07, 6.45) is 7.36. The van der Waals surface area contributed by atoms with Crippen LogP contribution in [0.15, 0.2) is 18.2 Å². The fourth-order valence-electron chi connectivity index (χ4n) is 5.51. The van der Waals surface area contributed by atoms with Crippen LogP contribution in [-0.2, 0) is 16.6 Å². The van der Waals surface area contributed by atoms with Gasteiger partial charge in [-0.25, -0.2) is 0 Å². The summed E-state index contributed by atoms with van der Waals surface area (Å²) in [5, 5.41) is 3.70. The molecular formula is C17H21NO2. The van der Waals surface area contributed by atoms with Crippen LogP contribution in [0.25, 0.3) is 0 Å². The molecule has 1 N–H and O–H groups in total. The Morgan fingerprint density at radius 3 is 3.00 bits per heavy atom. The van der Waals surface area contributed by atoms with Gasteiger partial charge in [0.05, 0.1) is 7.11 Å². The number of hydrogen-bond donors (Lipinski definition) is 1. The average Bonchev–Trinajstić information content (AvgIpc) is 3.14. The van der Waals surface area contributed by atoms with E-state index in [1.54, 1.807) is 7.11 Å². The topological polar surface area (TPSA) is 33.8 Å². The van der Waals surface area contributed by atoms with Crippen molar-refractivity contribution < 1.29 is 9.47 Å². The minimum absolute atomic E-state index is 0.0484. The molecule has 3 fully saturated rings. The van der Waals surface area contributed by atoms with Crippen molar-refractivity contribution in [3.63, 3.8) is 0 Å². The van der Waals surface area contributed by atoms with Crippen LogP contribution in [0.4, 0.5) is 0 Å². The first-order valence-corrected chi connectivity index (χ1v) is 7.88. The molecule has 1 spiro atoms. The van der Waals surface area contributed by atoms with Crippen molar-refractivity contribution in [1.29, 1.82) is 0 Å². The number of piperidine rings is 1. The molecule has 3 heteroatoms. The Bertz CT molecular complexity index is 597. The molecule has 0 radical (unpaired) electrons. The first-order chi connectivity index (χ1) is 9.75. The molecule has 2 heterocycles. The van der Waals surface area contributed by atoms with Crippen LogP contribution in [-0.4, -0.2) is 25.0 Å². The lowest BCUT2D eigenvalue weighted by Crippen LogP contribution is -2.62. The summed E-state index contributed by atoms with van der Waals surface area (Å²) in [5.41, 5.74) is 3.25. The van der Waals surface area contributed by atoms with Gasteiger partial charge in [-0.2, -0.15) is 0 Å². The monoisotopic (exact) mass is 271 g/mol. The minimum atomic E-state index is -0.0484. The Labute approximate surface area is 119 Å². The number of nitrogens with one attached hydrogen (secondary N) is 1. The quantitative estimate of drug-likeness (QED) is 0.797. The second kappa shape index (κ2) is 3.40. The highest BCUT2D eigenvalue weighted by Gasteiger charge is 2.82. The maximum Gasteiger partial charge on any atom is 0.154 e. The molecule has 1 saturated carbocycles. The summed E-state index contributed by atoms with van der Waals surface area (Å²) in [6, 6.07) is 6.64. The van der Waals surface area contributed by atoms with Gasteiger partial charge >= 0.3 is 0 Å². The van der Waals surface area contributed by atoms with E-state index in [-0.39, 0.29) is 16.7 Å². The van der Waals surface area contributed by atoms with Crippen molar-refractivity contribution in [3.8, 4) is 5.75 Å². The van der Waals surface area contributed by atoms with Gasteiger partial charge in [-0.3, -0.25) is 5.32 Å². The van der Waals surface area contributed by atoms with Crippen LogP contribution in [0.1, 0.15) is 43.2 Å². The zero-order valence-electron chi connectivity index (χ0n) is 12.0. The third-order valence-corrected chi connectivity index (χ3v) is 6.35. The van der Waals surface area contributed by atoms with Gasteiger partial charge in [0, 0.05) is 11.8 Å². The zero-order chi connectivity index (χ0) is 13.4. The van der Waals surface area contributed by atoms with Gasteiger partial charge < -0.3 is 9.47 Å². The molecule has 2 aliphatic heterocycles. The SMILES string of the molecule is COc1ccc2c(c1)[C@@]13CCCC[C@]14O[C@@]4(C2)NCC3. The van der Waals surface area contributed by atoms with Crippen LogP contribution in [0.2, 0.25) is 0 Å². The second-order valence-electron chi connectivity index (χ2n) is 6.92. The first kappa shape index (κ1) is 11.6. The summed E-state index contributed by atoms with van der Waals surface area (Å²) in [6.45, 7) is 1.08. The lowest BCUT2D eigenvalue weighted by Gasteiger charge is -2.51. The normalized spacial score (nSPS) is 44.0. The second-order valence-corrected chi connectivity index (χ2v) is 6.92. The van der Waals surface area contributed by atoms with E-state index in [1.807, 2.05) is 0 Å². The highest BCUT2D eigenvalue weighted by atomic mass is 16.7. The molecule has 1 aromatic rings. The lowest BCUT2D eigenvalue weighted by molar-refractivity contribution is 0.105. The molecular weight excluding hydrogens is 250 g/mol. The van der Waals surface area contributed by atoms with E-state index >= 15 is 0 Å². The zero-order valence-corrected chi connectivity index (χ0v) is 12.0. The predicted octanol–water partition coefficient (Wildman–Crippen LogP) is 2.52. The Balaban J connectivity index is 1.77. The Hall–Kier alpha value is -1.06. The summed E-state index contributed by atoms with van der Waals surface area (Å²) in [5.74, 6) is 0.991. The Morgan fingerprint density at radius 1 is 1.20 bits per heavy atom. The third kappa shape index (κ3) is 1.05. The van der Waals surface area contributed by atoms with Gasteiger partial charge in [0.15, 0.2) is 5.72 Å². The van der Waals surface area contributed by atoms with Crippen molar-refractivity contribution in [2.75, 3.05) is 13.7 Å². The van der Waals surface area contributed by atoms with E-state index in [2.05, 4.69) is 23.5 Å². The standard InChI is InChI=1S/C17H21NO2/c1-19-13-5-4-12-11-17-16(20-17)7-3-2-6-15(16,8-9-18-17)14(12)10-13/h4-5,10,18H,2-3,6-9,11H2,1H3/t15-,16-,17+/m0/s1. The van der Waals surface area contributed by atoms with E-state index in [4.69, 9.17) is 9.47 Å². The van der Waals surface area contributed by atoms with E-state index in [9.17, 15) is 0 Å². The van der Waals surface area contributed by atoms with Crippen LogP contribution < -0.4 is 10.1 Å². The van der Waals surface area contributed by atoms with Gasteiger partial charge in [0.2, 0.25) is 0 Å². The Morgan fingerprint density at radius 2 is 2.10 bits per heavy atom. The van der Waals surface area contributed by atoms with Crippen LogP contribution >= 0.6 is 0 Å². The van der Waals surface area contributed by atoms with Gasteiger partial charge in [-0.1, -0.05) is 18.9 Å². The van der Waals surface area contributed by atoms with Crippen LogP contribution in [0.5, 0.6) is 5.75 Å². The van der Waals surface area contributed by atoms with E-state index in [1.165, 1.54) is 43.2 Å². The van der Waals surface area contributed by atoms with Gasteiger partial charge in [0.25, 0.3) is 0 Å². The summed E-state index contributed by atoms with van der Waals surface area (Å²) in [4.78, 5) is 0. The molecule has 4 aliphatic rings. The smallest absolute Gasteiger partial charge is 0.154 e. The third-order valence-electron chi connectivity index (χ3n) is 6.35. The number of benzene rings is 1. The fraction of sp³-hybridized carbons (Fsp3) is 0.647. The molecule has 2 bridgehead atoms. The van der Waals surface area contributed by atoms with Crippen LogP contribution in [0.3, 0.4) is 0 Å². The minimum Gasteiger partial charge on any atom is -0.497 e. The summed E-state index contributed by atoms with van der Waals surface area (Å²) >= 11 is 0. The fourth-order valence-corrected chi connectivity index (χ4v) is 5.51. The number of ether oxygens (including phenoxy) is 2. The average molecular weight is 271 g/mol. The largest absolute Gasteiger partial charge is 0.497 e. The highest BCUT2D eigenvalue weighted by molar-refractivity contribution is 5.53. The van der Waals surface area contributed by atoms with Crippen molar-refractivity contribution in [1.82, 2.24) is 5.32 Å². The maximum absolute atomic E-state index is 6.48. The molecule has 3 atom stereocenters. The van der Waals surface area contributed by atoms with Crippen molar-refractivity contribution >= 4 is 0 Å². The molecule has 0 amide bonds. The molecule has 20 heavy (non-hydrogen) atoms. The number of methoxy groups -OCH3 is 1. The van der Waals surface area contributed by atoms with Gasteiger partial charge in [-0.05, 0) is 49.1 Å². The number of fused-ring (bicyclic) bond motifs is 1. The molecule has 5 rings (SSSR count). The highest BCUT2D eigenvalue weighted by Crippen LogP contribution is 2.71. The predicted molar refractivity (Wildman–Crippen MR) is 76.0 cm³/mol. The first-order valence-electron chi connectivity index (χ1n) is 7.88. The van der Waals surface area contributed by atoms with Gasteiger partial charge in [-0.15, -0.1) is 0 Å². The lowest BCUT2D eigenvalue weighted by atomic mass is 9.52. The maximum atomic E-state index is 6.48.